The number of amidine groups is 1. The molecule has 2 rings (SSSR count). The number of hydrogen-bond acceptors (Lipinski definition) is 6. The number of amides is 1. The first kappa shape index (κ1) is 22.6. The van der Waals surface area contributed by atoms with Crippen LogP contribution in [0.5, 0.6) is 5.88 Å². The van der Waals surface area contributed by atoms with E-state index in [2.05, 4.69) is 26.2 Å². The number of carbonyl (C=O) groups is 1. The minimum atomic E-state index is -3.04. The van der Waals surface area contributed by atoms with Crippen molar-refractivity contribution in [2.75, 3.05) is 25.6 Å². The number of nitrogens with two attached hydrogens (primary N) is 1. The molecule has 0 aliphatic heterocycles. The highest BCUT2D eigenvalue weighted by Crippen LogP contribution is 2.29. The number of terminal acetylenes is 1. The quantitative estimate of drug-likeness (QED) is 0.365. The monoisotopic (exact) mass is 421 g/mol. The van der Waals surface area contributed by atoms with Crippen molar-refractivity contribution < 1.29 is 27.4 Å². The molecule has 158 valence electrons. The van der Waals surface area contributed by atoms with E-state index in [0.29, 0.717) is 0 Å². The highest BCUT2D eigenvalue weighted by Gasteiger charge is 2.26. The van der Waals surface area contributed by atoms with Crippen molar-refractivity contribution in [1.29, 1.82) is 0 Å². The summed E-state index contributed by atoms with van der Waals surface area (Å²) < 4.78 is 50.9. The molecule has 11 heteroatoms. The minimum absolute atomic E-state index is 0.0126. The predicted molar refractivity (Wildman–Crippen MR) is 103 cm³/mol. The smallest absolute Gasteiger partial charge is 0.275 e. The van der Waals surface area contributed by atoms with Crippen molar-refractivity contribution >= 4 is 17.4 Å². The van der Waals surface area contributed by atoms with E-state index >= 15 is 0 Å². The molecule has 1 aromatic carbocycles. The number of benzene rings is 1. The Bertz CT molecular complexity index is 945. The summed E-state index contributed by atoms with van der Waals surface area (Å²) in [4.78, 5) is 23.7. The molecular formula is C19H18F3N5O3. The summed E-state index contributed by atoms with van der Waals surface area (Å²) in [5.74, 6) is 0.533. The lowest BCUT2D eigenvalue weighted by atomic mass is 10.1. The van der Waals surface area contributed by atoms with Gasteiger partial charge in [0.25, 0.3) is 12.3 Å². The summed E-state index contributed by atoms with van der Waals surface area (Å²) in [6.07, 6.45) is 4.36. The summed E-state index contributed by atoms with van der Waals surface area (Å²) in [6.45, 7) is -0.206. The summed E-state index contributed by atoms with van der Waals surface area (Å²) in [5, 5.41) is 2.43. The maximum absolute atomic E-state index is 14.2. The van der Waals surface area contributed by atoms with E-state index in [1.54, 1.807) is 0 Å². The van der Waals surface area contributed by atoms with Crippen LogP contribution in [0.4, 0.5) is 18.9 Å². The third-order valence-electron chi connectivity index (χ3n) is 3.57. The third kappa shape index (κ3) is 6.18. The Morgan fingerprint density at radius 2 is 2.13 bits per heavy atom. The van der Waals surface area contributed by atoms with E-state index in [1.165, 1.54) is 19.4 Å². The Labute approximate surface area is 170 Å². The van der Waals surface area contributed by atoms with E-state index < -0.39 is 29.8 Å². The fourth-order valence-corrected chi connectivity index (χ4v) is 2.29. The Morgan fingerprint density at radius 3 is 2.73 bits per heavy atom. The van der Waals surface area contributed by atoms with Crippen molar-refractivity contribution in [3.8, 4) is 18.2 Å². The number of anilines is 1. The number of nitrogens with zero attached hydrogens (tertiary/aromatic N) is 3. The van der Waals surface area contributed by atoms with Crippen LogP contribution >= 0.6 is 0 Å². The fraction of sp³-hybridized carbons (Fsp3) is 0.263. The van der Waals surface area contributed by atoms with Crippen molar-refractivity contribution in [3.63, 3.8) is 0 Å². The molecule has 1 aromatic heterocycles. The zero-order valence-electron chi connectivity index (χ0n) is 15.8. The van der Waals surface area contributed by atoms with Gasteiger partial charge < -0.3 is 20.5 Å². The molecule has 0 fully saturated rings. The Balaban J connectivity index is 2.22. The molecule has 30 heavy (non-hydrogen) atoms. The second-order valence-electron chi connectivity index (χ2n) is 5.76. The molecule has 0 aliphatic carbocycles. The molecule has 0 spiro atoms. The van der Waals surface area contributed by atoms with Crippen LogP contribution in [0.15, 0.2) is 35.6 Å². The van der Waals surface area contributed by atoms with Crippen LogP contribution in [-0.2, 0) is 4.74 Å². The molecule has 1 heterocycles. The number of methoxy groups -OCH3 is 1. The number of alkyl halides is 2. The lowest BCUT2D eigenvalue weighted by molar-refractivity contribution is 0.102. The fourth-order valence-electron chi connectivity index (χ4n) is 2.29. The van der Waals surface area contributed by atoms with Crippen molar-refractivity contribution in [2.24, 2.45) is 10.7 Å². The molecule has 0 radical (unpaired) electrons. The maximum atomic E-state index is 14.2. The SMILES string of the molecule is C#CCOc1cnc(C(=O)Nc2ccc(F)c(C(N=C(N)COC)C(F)F)c2)cn1. The van der Waals surface area contributed by atoms with Crippen molar-refractivity contribution in [3.05, 3.63) is 47.7 Å². The van der Waals surface area contributed by atoms with Crippen molar-refractivity contribution in [1.82, 2.24) is 9.97 Å². The second kappa shape index (κ2) is 10.8. The van der Waals surface area contributed by atoms with Crippen LogP contribution < -0.4 is 15.8 Å². The van der Waals surface area contributed by atoms with Gasteiger partial charge in [-0.05, 0) is 18.2 Å². The topological polar surface area (TPSA) is 112 Å². The molecule has 0 saturated carbocycles. The largest absolute Gasteiger partial charge is 0.463 e. The summed E-state index contributed by atoms with van der Waals surface area (Å²) in [7, 11) is 1.31. The van der Waals surface area contributed by atoms with E-state index in [-0.39, 0.29) is 36.3 Å². The number of nitrogens with one attached hydrogen (secondary N) is 1. The summed E-state index contributed by atoms with van der Waals surface area (Å²) in [5.41, 5.74) is 5.04. The molecule has 0 bridgehead atoms. The first-order chi connectivity index (χ1) is 14.3. The predicted octanol–water partition coefficient (Wildman–Crippen LogP) is 2.19. The van der Waals surface area contributed by atoms with E-state index in [9.17, 15) is 18.0 Å². The van der Waals surface area contributed by atoms with Gasteiger partial charge in [0.05, 0.1) is 12.4 Å². The Morgan fingerprint density at radius 1 is 1.37 bits per heavy atom. The first-order valence-electron chi connectivity index (χ1n) is 8.44. The molecule has 1 amide bonds. The standard InChI is InChI=1S/C19H18F3N5O3/c1-3-6-30-16-9-24-14(8-25-16)19(28)26-11-4-5-13(20)12(7-11)17(18(21)22)27-15(23)10-29-2/h1,4-5,7-9,17-18H,6,10H2,2H3,(H2,23,27)(H,26,28). The van der Waals surface area contributed by atoms with Gasteiger partial charge in [-0.15, -0.1) is 6.42 Å². The van der Waals surface area contributed by atoms with E-state index in [0.717, 1.165) is 18.3 Å². The molecule has 1 atom stereocenters. The molecule has 1 unspecified atom stereocenters. The van der Waals surface area contributed by atoms with Gasteiger partial charge >= 0.3 is 0 Å². The zero-order chi connectivity index (χ0) is 22.1. The number of aliphatic imine (C=N–C) groups is 1. The first-order valence-corrected chi connectivity index (χ1v) is 8.44. The number of hydrogen-bond donors (Lipinski definition) is 2. The second-order valence-corrected chi connectivity index (χ2v) is 5.76. The van der Waals surface area contributed by atoms with E-state index in [1.807, 2.05) is 0 Å². The van der Waals surface area contributed by atoms with E-state index in [4.69, 9.17) is 21.6 Å². The lowest BCUT2D eigenvalue weighted by Crippen LogP contribution is -2.22. The number of carbonyl (C=O) groups excluding carboxylic acids is 1. The van der Waals surface area contributed by atoms with Crippen LogP contribution in [0.1, 0.15) is 22.1 Å². The molecule has 0 saturated heterocycles. The van der Waals surface area contributed by atoms with Crippen molar-refractivity contribution in [2.45, 2.75) is 12.5 Å². The average molecular weight is 421 g/mol. The van der Waals surface area contributed by atoms with Gasteiger partial charge in [0.1, 0.15) is 30.0 Å². The lowest BCUT2D eigenvalue weighted by Gasteiger charge is -2.15. The highest BCUT2D eigenvalue weighted by atomic mass is 19.3. The molecule has 0 aliphatic rings. The average Bonchev–Trinajstić information content (AvgIpc) is 2.72. The minimum Gasteiger partial charge on any atom is -0.463 e. The van der Waals surface area contributed by atoms with Gasteiger partial charge in [-0.2, -0.15) is 0 Å². The molecule has 2 aromatic rings. The Kier molecular flexibility index (Phi) is 8.13. The van der Waals surface area contributed by atoms with Crippen LogP contribution in [-0.4, -0.2) is 48.5 Å². The van der Waals surface area contributed by atoms with Gasteiger partial charge in [-0.3, -0.25) is 9.79 Å². The number of aromatic nitrogens is 2. The summed E-state index contributed by atoms with van der Waals surface area (Å²) >= 11 is 0. The number of halogens is 3. The van der Waals surface area contributed by atoms with Crippen LogP contribution in [0, 0.1) is 18.2 Å². The van der Waals surface area contributed by atoms with Crippen LogP contribution in [0.25, 0.3) is 0 Å². The zero-order valence-corrected chi connectivity index (χ0v) is 15.8. The maximum Gasteiger partial charge on any atom is 0.275 e. The van der Waals surface area contributed by atoms with Crippen LogP contribution in [0.3, 0.4) is 0 Å². The van der Waals surface area contributed by atoms with Gasteiger partial charge in [-0.1, -0.05) is 5.92 Å². The van der Waals surface area contributed by atoms with Gasteiger partial charge in [0.15, 0.2) is 6.61 Å². The molecular weight excluding hydrogens is 403 g/mol. The third-order valence-corrected chi connectivity index (χ3v) is 3.57. The van der Waals surface area contributed by atoms with Crippen LogP contribution in [0.2, 0.25) is 0 Å². The number of rotatable bonds is 9. The van der Waals surface area contributed by atoms with Gasteiger partial charge in [0, 0.05) is 18.4 Å². The molecule has 3 N–H and O–H groups in total. The summed E-state index contributed by atoms with van der Waals surface area (Å²) in [6, 6.07) is 1.32. The van der Waals surface area contributed by atoms with Gasteiger partial charge in [-0.25, -0.2) is 23.1 Å². The number of ether oxygens (including phenoxy) is 2. The van der Waals surface area contributed by atoms with Gasteiger partial charge in [0.2, 0.25) is 5.88 Å². The normalized spacial score (nSPS) is 12.3. The Hall–Kier alpha value is -3.65. The highest BCUT2D eigenvalue weighted by molar-refractivity contribution is 6.02. The molecule has 8 nitrogen and oxygen atoms in total.